The highest BCUT2D eigenvalue weighted by molar-refractivity contribution is 7.89. The number of benzene rings is 1. The molecule has 0 amide bonds. The Kier molecular flexibility index (Phi) is 5.42. The SMILES string of the molecule is COC(=O)c1sccc1S(=O)(=O)NCC(OC)c1cc2ccccc2o1. The summed E-state index contributed by atoms with van der Waals surface area (Å²) in [5, 5.41) is 2.42. The van der Waals surface area contributed by atoms with Crippen LogP contribution in [0.3, 0.4) is 0 Å². The van der Waals surface area contributed by atoms with Crippen molar-refractivity contribution < 1.29 is 27.1 Å². The number of furan rings is 1. The van der Waals surface area contributed by atoms with Crippen LogP contribution in [0.1, 0.15) is 21.5 Å². The van der Waals surface area contributed by atoms with Gasteiger partial charge in [-0.3, -0.25) is 0 Å². The number of hydrogen-bond donors (Lipinski definition) is 1. The van der Waals surface area contributed by atoms with E-state index in [-0.39, 0.29) is 16.3 Å². The molecule has 1 aromatic carbocycles. The van der Waals surface area contributed by atoms with Crippen LogP contribution < -0.4 is 4.72 Å². The minimum atomic E-state index is -3.91. The first-order valence-corrected chi connectivity index (χ1v) is 9.99. The molecule has 0 saturated heterocycles. The third kappa shape index (κ3) is 3.65. The second-order valence-corrected chi connectivity index (χ2v) is 8.02. The number of sulfonamides is 1. The van der Waals surface area contributed by atoms with Gasteiger partial charge in [0.2, 0.25) is 10.0 Å². The van der Waals surface area contributed by atoms with Crippen LogP contribution in [0.2, 0.25) is 0 Å². The Balaban J connectivity index is 1.79. The molecule has 7 nitrogen and oxygen atoms in total. The summed E-state index contributed by atoms with van der Waals surface area (Å²) in [7, 11) is -1.24. The lowest BCUT2D eigenvalue weighted by Gasteiger charge is -2.14. The number of carbonyl (C=O) groups excluding carboxylic acids is 1. The maximum atomic E-state index is 12.6. The van der Waals surface area contributed by atoms with E-state index in [0.29, 0.717) is 11.3 Å². The lowest BCUT2D eigenvalue weighted by atomic mass is 10.2. The van der Waals surface area contributed by atoms with Crippen molar-refractivity contribution in [2.45, 2.75) is 11.0 Å². The number of ether oxygens (including phenoxy) is 2. The van der Waals surface area contributed by atoms with Crippen LogP contribution >= 0.6 is 11.3 Å². The van der Waals surface area contributed by atoms with Crippen LogP contribution in [0.25, 0.3) is 11.0 Å². The molecule has 2 aromatic heterocycles. The molecule has 3 rings (SSSR count). The molecule has 0 aliphatic carbocycles. The molecule has 138 valence electrons. The van der Waals surface area contributed by atoms with Crippen LogP contribution in [0.5, 0.6) is 0 Å². The molecule has 0 aliphatic rings. The Labute approximate surface area is 154 Å². The molecule has 0 bridgehead atoms. The largest absolute Gasteiger partial charge is 0.465 e. The maximum Gasteiger partial charge on any atom is 0.349 e. The molecule has 0 aliphatic heterocycles. The third-order valence-electron chi connectivity index (χ3n) is 3.79. The monoisotopic (exact) mass is 395 g/mol. The van der Waals surface area contributed by atoms with Gasteiger partial charge in [-0.15, -0.1) is 11.3 Å². The minimum absolute atomic E-state index is 0.0257. The number of esters is 1. The summed E-state index contributed by atoms with van der Waals surface area (Å²) >= 11 is 1.00. The summed E-state index contributed by atoms with van der Waals surface area (Å²) in [5.74, 6) is -0.184. The molecule has 2 heterocycles. The first-order valence-electron chi connectivity index (χ1n) is 7.63. The number of thiophene rings is 1. The summed E-state index contributed by atoms with van der Waals surface area (Å²) in [6, 6.07) is 10.6. The topological polar surface area (TPSA) is 94.8 Å². The zero-order valence-electron chi connectivity index (χ0n) is 14.1. The Morgan fingerprint density at radius 3 is 2.73 bits per heavy atom. The molecule has 0 saturated carbocycles. The van der Waals surface area contributed by atoms with E-state index in [0.717, 1.165) is 16.7 Å². The van der Waals surface area contributed by atoms with Crippen molar-refractivity contribution in [1.82, 2.24) is 4.72 Å². The van der Waals surface area contributed by atoms with Gasteiger partial charge in [-0.05, 0) is 23.6 Å². The van der Waals surface area contributed by atoms with E-state index in [1.165, 1.54) is 25.7 Å². The van der Waals surface area contributed by atoms with Crippen molar-refractivity contribution >= 4 is 38.3 Å². The number of rotatable bonds is 7. The molecular weight excluding hydrogens is 378 g/mol. The van der Waals surface area contributed by atoms with Gasteiger partial charge in [-0.2, -0.15) is 0 Å². The van der Waals surface area contributed by atoms with Crippen molar-refractivity contribution in [3.05, 3.63) is 52.4 Å². The average Bonchev–Trinajstić information content (AvgIpc) is 3.28. The van der Waals surface area contributed by atoms with Crippen molar-refractivity contribution in [2.24, 2.45) is 0 Å². The molecule has 9 heteroatoms. The van der Waals surface area contributed by atoms with E-state index in [1.807, 2.05) is 30.3 Å². The average molecular weight is 395 g/mol. The van der Waals surface area contributed by atoms with Gasteiger partial charge in [0.1, 0.15) is 27.2 Å². The van der Waals surface area contributed by atoms with E-state index < -0.39 is 22.1 Å². The maximum absolute atomic E-state index is 12.6. The fourth-order valence-corrected chi connectivity index (χ4v) is 4.84. The molecule has 1 atom stereocenters. The number of methoxy groups -OCH3 is 2. The van der Waals surface area contributed by atoms with Gasteiger partial charge in [0.15, 0.2) is 0 Å². The Hall–Kier alpha value is -2.20. The van der Waals surface area contributed by atoms with Crippen LogP contribution in [0.15, 0.2) is 51.1 Å². The predicted octanol–water partition coefficient (Wildman–Crippen LogP) is 2.95. The smallest absolute Gasteiger partial charge is 0.349 e. The minimum Gasteiger partial charge on any atom is -0.465 e. The highest BCUT2D eigenvalue weighted by Gasteiger charge is 2.26. The number of fused-ring (bicyclic) bond motifs is 1. The molecule has 0 spiro atoms. The molecular formula is C17H17NO6S2. The second kappa shape index (κ2) is 7.58. The molecule has 26 heavy (non-hydrogen) atoms. The molecule has 1 N–H and O–H groups in total. The van der Waals surface area contributed by atoms with Gasteiger partial charge in [0.05, 0.1) is 7.11 Å². The van der Waals surface area contributed by atoms with Crippen LogP contribution in [0.4, 0.5) is 0 Å². The van der Waals surface area contributed by atoms with E-state index >= 15 is 0 Å². The van der Waals surface area contributed by atoms with Crippen molar-refractivity contribution in [3.63, 3.8) is 0 Å². The van der Waals surface area contributed by atoms with Gasteiger partial charge in [-0.25, -0.2) is 17.9 Å². The second-order valence-electron chi connectivity index (χ2n) is 5.37. The number of nitrogens with one attached hydrogen (secondary N) is 1. The third-order valence-corrected chi connectivity index (χ3v) is 6.28. The van der Waals surface area contributed by atoms with Gasteiger partial charge in [-0.1, -0.05) is 18.2 Å². The summed E-state index contributed by atoms with van der Waals surface area (Å²) in [5.41, 5.74) is 0.693. The molecule has 0 fully saturated rings. The first-order chi connectivity index (χ1) is 12.5. The van der Waals surface area contributed by atoms with Gasteiger partial charge in [0.25, 0.3) is 0 Å². The van der Waals surface area contributed by atoms with Crippen molar-refractivity contribution in [2.75, 3.05) is 20.8 Å². The highest BCUT2D eigenvalue weighted by atomic mass is 32.2. The summed E-state index contributed by atoms with van der Waals surface area (Å²) in [6.45, 7) is -0.0465. The molecule has 1 unspecified atom stereocenters. The predicted molar refractivity (Wildman–Crippen MR) is 96.8 cm³/mol. The number of hydrogen-bond acceptors (Lipinski definition) is 7. The lowest BCUT2D eigenvalue weighted by molar-refractivity contribution is 0.0602. The molecule has 3 aromatic rings. The summed E-state index contributed by atoms with van der Waals surface area (Å²) < 4.78 is 43.3. The Morgan fingerprint density at radius 2 is 2.04 bits per heavy atom. The number of para-hydroxylation sites is 1. The standard InChI is InChI=1S/C17H17NO6S2/c1-22-14(13-9-11-5-3-4-6-12(11)24-13)10-18-26(20,21)15-7-8-25-16(15)17(19)23-2/h3-9,14,18H,10H2,1-2H3. The van der Waals surface area contributed by atoms with Crippen LogP contribution in [-0.4, -0.2) is 35.2 Å². The zero-order chi connectivity index (χ0) is 18.7. The van der Waals surface area contributed by atoms with E-state index in [2.05, 4.69) is 9.46 Å². The Morgan fingerprint density at radius 1 is 1.27 bits per heavy atom. The summed E-state index contributed by atoms with van der Waals surface area (Å²) in [4.78, 5) is 11.6. The zero-order valence-corrected chi connectivity index (χ0v) is 15.7. The normalized spacial score (nSPS) is 13.0. The van der Waals surface area contributed by atoms with Crippen LogP contribution in [0, 0.1) is 0 Å². The first kappa shape index (κ1) is 18.6. The van der Waals surface area contributed by atoms with Gasteiger partial charge >= 0.3 is 5.97 Å². The fraction of sp³-hybridized carbons (Fsp3) is 0.235. The lowest BCUT2D eigenvalue weighted by Crippen LogP contribution is -2.29. The summed E-state index contributed by atoms with van der Waals surface area (Å²) in [6.07, 6.45) is -0.614. The van der Waals surface area contributed by atoms with Crippen molar-refractivity contribution in [3.8, 4) is 0 Å². The van der Waals surface area contributed by atoms with E-state index in [4.69, 9.17) is 9.15 Å². The highest BCUT2D eigenvalue weighted by Crippen LogP contribution is 2.27. The van der Waals surface area contributed by atoms with Gasteiger partial charge in [0, 0.05) is 19.0 Å². The molecule has 0 radical (unpaired) electrons. The van der Waals surface area contributed by atoms with Gasteiger partial charge < -0.3 is 13.9 Å². The number of carbonyl (C=O) groups is 1. The quantitative estimate of drug-likeness (QED) is 0.618. The van der Waals surface area contributed by atoms with E-state index in [9.17, 15) is 13.2 Å². The van der Waals surface area contributed by atoms with Crippen molar-refractivity contribution in [1.29, 1.82) is 0 Å². The fourth-order valence-electron chi connectivity index (χ4n) is 2.47. The Bertz CT molecular complexity index is 988. The van der Waals surface area contributed by atoms with Crippen LogP contribution in [-0.2, 0) is 19.5 Å². The van der Waals surface area contributed by atoms with E-state index in [1.54, 1.807) is 0 Å².